The number of carbonyl (C=O) groups excluding carboxylic acids is 2. The van der Waals surface area contributed by atoms with Crippen molar-refractivity contribution in [1.29, 1.82) is 0 Å². The molecule has 0 aliphatic carbocycles. The number of sulfonamides is 1. The molecular weight excluding hydrogens is 448 g/mol. The highest BCUT2D eigenvalue weighted by atomic mass is 32.2. The van der Waals surface area contributed by atoms with Gasteiger partial charge in [-0.2, -0.15) is 4.31 Å². The minimum atomic E-state index is -3.54. The summed E-state index contributed by atoms with van der Waals surface area (Å²) in [4.78, 5) is 24.0. The molecule has 2 aromatic carbocycles. The molecule has 1 aliphatic heterocycles. The van der Waals surface area contributed by atoms with Gasteiger partial charge in [0, 0.05) is 25.7 Å². The van der Waals surface area contributed by atoms with Crippen LogP contribution < -0.4 is 14.8 Å². The third kappa shape index (κ3) is 6.33. The van der Waals surface area contributed by atoms with E-state index >= 15 is 0 Å². The topological polar surface area (TPSA) is 111 Å². The molecule has 176 valence electrons. The molecule has 0 bridgehead atoms. The van der Waals surface area contributed by atoms with Crippen LogP contribution in [-0.4, -0.2) is 51.1 Å². The van der Waals surface area contributed by atoms with Gasteiger partial charge in [-0.15, -0.1) is 0 Å². The third-order valence-corrected chi connectivity index (χ3v) is 6.97. The zero-order chi connectivity index (χ0) is 23.8. The Morgan fingerprint density at radius 1 is 1.06 bits per heavy atom. The number of benzene rings is 2. The number of carbonyl (C=O) groups is 2. The Morgan fingerprint density at radius 2 is 1.76 bits per heavy atom. The predicted molar refractivity (Wildman–Crippen MR) is 121 cm³/mol. The van der Waals surface area contributed by atoms with Crippen molar-refractivity contribution in [3.8, 4) is 11.5 Å². The lowest BCUT2D eigenvalue weighted by molar-refractivity contribution is -0.143. The Kier molecular flexibility index (Phi) is 8.07. The summed E-state index contributed by atoms with van der Waals surface area (Å²) < 4.78 is 41.8. The molecule has 10 heteroatoms. The molecule has 1 aliphatic rings. The van der Waals surface area contributed by atoms with E-state index in [1.807, 2.05) is 0 Å². The van der Waals surface area contributed by atoms with Gasteiger partial charge in [0.25, 0.3) is 5.91 Å². The van der Waals surface area contributed by atoms with Crippen molar-refractivity contribution in [2.45, 2.75) is 25.3 Å². The van der Waals surface area contributed by atoms with Crippen LogP contribution in [0, 0.1) is 0 Å². The van der Waals surface area contributed by atoms with Crippen molar-refractivity contribution in [2.75, 3.05) is 26.5 Å². The van der Waals surface area contributed by atoms with Gasteiger partial charge < -0.3 is 19.5 Å². The van der Waals surface area contributed by atoms with E-state index < -0.39 is 28.5 Å². The average molecular weight is 475 g/mol. The molecule has 9 nitrogen and oxygen atoms in total. The largest absolute Gasteiger partial charge is 0.454 e. The lowest BCUT2D eigenvalue weighted by Gasteiger charge is -2.18. The molecule has 2 aromatic rings. The summed E-state index contributed by atoms with van der Waals surface area (Å²) in [5, 5.41) is 2.66. The number of hydrogen-bond acceptors (Lipinski definition) is 7. The molecule has 0 radical (unpaired) electrons. The van der Waals surface area contributed by atoms with Gasteiger partial charge in [-0.3, -0.25) is 4.79 Å². The molecule has 1 amide bonds. The standard InChI is InChI=1S/C23H26N2O7S/c1-3-25(4-2)33(28,29)19-9-5-17(6-10-19)8-12-23(27)30-15-22(26)24-14-18-7-11-20-21(13-18)32-16-31-20/h5-13H,3-4,14-16H2,1-2H3,(H,24,26). The van der Waals surface area contributed by atoms with Crippen molar-refractivity contribution in [2.24, 2.45) is 0 Å². The number of fused-ring (bicyclic) bond motifs is 1. The summed E-state index contributed by atoms with van der Waals surface area (Å²) >= 11 is 0. The van der Waals surface area contributed by atoms with Crippen molar-refractivity contribution in [3.05, 3.63) is 59.7 Å². The van der Waals surface area contributed by atoms with Crippen LogP contribution in [0.15, 0.2) is 53.4 Å². The highest BCUT2D eigenvalue weighted by molar-refractivity contribution is 7.89. The van der Waals surface area contributed by atoms with Crippen LogP contribution in [0.4, 0.5) is 0 Å². The summed E-state index contributed by atoms with van der Waals surface area (Å²) in [6, 6.07) is 11.5. The van der Waals surface area contributed by atoms with Gasteiger partial charge in [-0.25, -0.2) is 13.2 Å². The fourth-order valence-corrected chi connectivity index (χ4v) is 4.57. The first-order valence-corrected chi connectivity index (χ1v) is 11.9. The van der Waals surface area contributed by atoms with Gasteiger partial charge in [0.2, 0.25) is 16.8 Å². The summed E-state index contributed by atoms with van der Waals surface area (Å²) in [6.07, 6.45) is 2.67. The smallest absolute Gasteiger partial charge is 0.331 e. The Bertz CT molecular complexity index is 1120. The highest BCUT2D eigenvalue weighted by Gasteiger charge is 2.21. The molecule has 1 N–H and O–H groups in total. The molecular formula is C23H26N2O7S. The lowest BCUT2D eigenvalue weighted by atomic mass is 10.2. The zero-order valence-corrected chi connectivity index (χ0v) is 19.3. The molecule has 0 saturated carbocycles. The van der Waals surface area contributed by atoms with Gasteiger partial charge >= 0.3 is 5.97 Å². The van der Waals surface area contributed by atoms with Gasteiger partial charge in [0.15, 0.2) is 18.1 Å². The predicted octanol–water partition coefficient (Wildman–Crippen LogP) is 2.32. The minimum absolute atomic E-state index is 0.175. The number of amides is 1. The number of esters is 1. The summed E-state index contributed by atoms with van der Waals surface area (Å²) in [5.41, 5.74) is 1.45. The van der Waals surface area contributed by atoms with E-state index in [0.29, 0.717) is 30.2 Å². The maximum Gasteiger partial charge on any atom is 0.331 e. The number of rotatable bonds is 10. The highest BCUT2D eigenvalue weighted by Crippen LogP contribution is 2.32. The molecule has 3 rings (SSSR count). The maximum absolute atomic E-state index is 12.5. The van der Waals surface area contributed by atoms with Gasteiger partial charge in [0.05, 0.1) is 4.90 Å². The number of hydrogen-bond donors (Lipinski definition) is 1. The molecule has 0 atom stereocenters. The average Bonchev–Trinajstić information content (AvgIpc) is 3.29. The normalized spacial score (nSPS) is 12.8. The first kappa shape index (κ1) is 24.3. The molecule has 0 unspecified atom stereocenters. The molecule has 0 saturated heterocycles. The first-order valence-electron chi connectivity index (χ1n) is 10.4. The zero-order valence-electron chi connectivity index (χ0n) is 18.4. The molecule has 0 spiro atoms. The van der Waals surface area contributed by atoms with E-state index in [9.17, 15) is 18.0 Å². The Balaban J connectivity index is 1.45. The maximum atomic E-state index is 12.5. The van der Waals surface area contributed by atoms with E-state index in [4.69, 9.17) is 14.2 Å². The summed E-state index contributed by atoms with van der Waals surface area (Å²) in [5.74, 6) is 0.149. The van der Waals surface area contributed by atoms with Crippen LogP contribution in [-0.2, 0) is 30.9 Å². The van der Waals surface area contributed by atoms with Crippen LogP contribution in [0.3, 0.4) is 0 Å². The summed E-state index contributed by atoms with van der Waals surface area (Å²) in [6.45, 7) is 4.34. The number of nitrogens with one attached hydrogen (secondary N) is 1. The number of ether oxygens (including phenoxy) is 3. The second-order valence-corrected chi connectivity index (χ2v) is 9.00. The van der Waals surface area contributed by atoms with Crippen LogP contribution in [0.2, 0.25) is 0 Å². The van der Waals surface area contributed by atoms with Crippen molar-refractivity contribution in [3.63, 3.8) is 0 Å². The van der Waals surface area contributed by atoms with Crippen molar-refractivity contribution < 1.29 is 32.2 Å². The van der Waals surface area contributed by atoms with Gasteiger partial charge in [0.1, 0.15) is 0 Å². The Morgan fingerprint density at radius 3 is 2.45 bits per heavy atom. The van der Waals surface area contributed by atoms with Crippen molar-refractivity contribution >= 4 is 28.0 Å². The molecule has 33 heavy (non-hydrogen) atoms. The molecule has 1 heterocycles. The molecule has 0 fully saturated rings. The Hall–Kier alpha value is -3.37. The van der Waals surface area contributed by atoms with Crippen LogP contribution in [0.1, 0.15) is 25.0 Å². The lowest BCUT2D eigenvalue weighted by Crippen LogP contribution is -2.30. The Labute approximate surface area is 193 Å². The van der Waals surface area contributed by atoms with Gasteiger partial charge in [-0.1, -0.05) is 32.0 Å². The van der Waals surface area contributed by atoms with E-state index in [1.165, 1.54) is 28.6 Å². The number of nitrogens with zero attached hydrogens (tertiary/aromatic N) is 1. The first-order chi connectivity index (χ1) is 15.8. The van der Waals surface area contributed by atoms with E-state index in [1.54, 1.807) is 44.2 Å². The fourth-order valence-electron chi connectivity index (χ4n) is 3.12. The third-order valence-electron chi connectivity index (χ3n) is 4.91. The van der Waals surface area contributed by atoms with E-state index in [2.05, 4.69) is 5.32 Å². The summed E-state index contributed by atoms with van der Waals surface area (Å²) in [7, 11) is -3.54. The van der Waals surface area contributed by atoms with Crippen LogP contribution >= 0.6 is 0 Å². The van der Waals surface area contributed by atoms with Crippen LogP contribution in [0.5, 0.6) is 11.5 Å². The van der Waals surface area contributed by atoms with E-state index in [-0.39, 0.29) is 18.2 Å². The fraction of sp³-hybridized carbons (Fsp3) is 0.304. The van der Waals surface area contributed by atoms with Gasteiger partial charge in [-0.05, 0) is 41.5 Å². The van der Waals surface area contributed by atoms with Crippen LogP contribution in [0.25, 0.3) is 6.08 Å². The quantitative estimate of drug-likeness (QED) is 0.416. The SMILES string of the molecule is CCN(CC)S(=O)(=O)c1ccc(C=CC(=O)OCC(=O)NCc2ccc3c(c2)OCO3)cc1. The van der Waals surface area contributed by atoms with E-state index in [0.717, 1.165) is 5.56 Å². The second kappa shape index (κ2) is 11.0. The molecule has 0 aromatic heterocycles. The minimum Gasteiger partial charge on any atom is -0.454 e. The monoisotopic (exact) mass is 474 g/mol. The second-order valence-electron chi connectivity index (χ2n) is 7.06. The van der Waals surface area contributed by atoms with Crippen molar-refractivity contribution in [1.82, 2.24) is 9.62 Å².